The topological polar surface area (TPSA) is 70.4 Å². The number of aliphatic carboxylic acids is 1. The summed E-state index contributed by atoms with van der Waals surface area (Å²) >= 11 is 0. The summed E-state index contributed by atoms with van der Waals surface area (Å²) in [5.74, 6) is -1.01. The molecule has 5 nitrogen and oxygen atoms in total. The molecular formula is C26H26N3NaO2. The van der Waals surface area contributed by atoms with E-state index in [1.165, 1.54) is 0 Å². The molecule has 1 aliphatic heterocycles. The standard InChI is InChI=1S/C26H27N3O2.Na/c1-28(2)25-11-5-20(6-12-25)18-24(19-27)22-9-7-21(8-10-22)23-13-16-29(17-14-23)15-3-4-26(30)31;/h5-14,16,18H,3-4,15,17H2,1-2H3,(H,30,31);/q;+1/p-1/b24-18+;. The van der Waals surface area contributed by atoms with Gasteiger partial charge in [0.1, 0.15) is 0 Å². The van der Waals surface area contributed by atoms with Gasteiger partial charge in [-0.3, -0.25) is 0 Å². The maximum atomic E-state index is 10.5. The van der Waals surface area contributed by atoms with Crippen molar-refractivity contribution in [3.05, 3.63) is 83.6 Å². The summed E-state index contributed by atoms with van der Waals surface area (Å²) in [6.07, 6.45) is 8.71. The van der Waals surface area contributed by atoms with Gasteiger partial charge in [-0.15, -0.1) is 0 Å². The van der Waals surface area contributed by atoms with E-state index in [0.29, 0.717) is 18.5 Å². The summed E-state index contributed by atoms with van der Waals surface area (Å²) in [7, 11) is 4.00. The van der Waals surface area contributed by atoms with Gasteiger partial charge in [-0.1, -0.05) is 42.5 Å². The van der Waals surface area contributed by atoms with Gasteiger partial charge in [0.15, 0.2) is 0 Å². The van der Waals surface area contributed by atoms with Crippen LogP contribution in [0.15, 0.2) is 66.9 Å². The van der Waals surface area contributed by atoms with Gasteiger partial charge in [0, 0.05) is 38.8 Å². The SMILES string of the molecule is CN(C)c1ccc(/C=C(\C#N)c2ccc(C3=CCN(CCCC(=O)[O-])C=C3)cc2)cc1.[Na+]. The number of rotatable bonds is 8. The Morgan fingerprint density at radius 3 is 2.38 bits per heavy atom. The third-order valence-electron chi connectivity index (χ3n) is 5.21. The molecule has 0 bridgehead atoms. The number of carboxylic acids is 1. The molecule has 2 aromatic carbocycles. The summed E-state index contributed by atoms with van der Waals surface area (Å²) in [5.41, 5.74) is 5.81. The van der Waals surface area contributed by atoms with Crippen LogP contribution in [-0.2, 0) is 4.79 Å². The summed E-state index contributed by atoms with van der Waals surface area (Å²) < 4.78 is 0. The number of carboxylic acid groups (broad SMARTS) is 1. The Morgan fingerprint density at radius 2 is 1.84 bits per heavy atom. The van der Waals surface area contributed by atoms with Gasteiger partial charge in [0.2, 0.25) is 0 Å². The number of allylic oxidation sites excluding steroid dienone is 3. The van der Waals surface area contributed by atoms with Crippen LogP contribution in [0, 0.1) is 11.3 Å². The molecule has 3 rings (SSSR count). The first-order valence-electron chi connectivity index (χ1n) is 10.3. The van der Waals surface area contributed by atoms with Gasteiger partial charge in [0.25, 0.3) is 0 Å². The molecule has 0 saturated heterocycles. The predicted molar refractivity (Wildman–Crippen MR) is 124 cm³/mol. The third kappa shape index (κ3) is 7.13. The molecule has 158 valence electrons. The van der Waals surface area contributed by atoms with Crippen molar-refractivity contribution >= 4 is 28.9 Å². The van der Waals surface area contributed by atoms with Gasteiger partial charge >= 0.3 is 29.6 Å². The summed E-state index contributed by atoms with van der Waals surface area (Å²) in [6, 6.07) is 18.4. The molecule has 0 atom stereocenters. The molecule has 0 saturated carbocycles. The molecule has 0 radical (unpaired) electrons. The molecular weight excluding hydrogens is 409 g/mol. The van der Waals surface area contributed by atoms with Gasteiger partial charge in [-0.05, 0) is 65.6 Å². The molecule has 2 aromatic rings. The first-order valence-corrected chi connectivity index (χ1v) is 10.3. The Labute approximate surface area is 212 Å². The zero-order valence-electron chi connectivity index (χ0n) is 18.9. The van der Waals surface area contributed by atoms with Gasteiger partial charge in [0.05, 0.1) is 11.6 Å². The van der Waals surface area contributed by atoms with Crippen LogP contribution in [0.3, 0.4) is 0 Å². The number of carbonyl (C=O) groups excluding carboxylic acids is 1. The third-order valence-corrected chi connectivity index (χ3v) is 5.21. The van der Waals surface area contributed by atoms with E-state index in [2.05, 4.69) is 17.0 Å². The second-order valence-corrected chi connectivity index (χ2v) is 7.68. The van der Waals surface area contributed by atoms with Crippen LogP contribution in [-0.4, -0.2) is 38.1 Å². The molecule has 0 fully saturated rings. The second-order valence-electron chi connectivity index (χ2n) is 7.68. The summed E-state index contributed by atoms with van der Waals surface area (Å²) in [6.45, 7) is 1.44. The molecule has 32 heavy (non-hydrogen) atoms. The van der Waals surface area contributed by atoms with Crippen LogP contribution < -0.4 is 39.6 Å². The second kappa shape index (κ2) is 12.3. The van der Waals surface area contributed by atoms with E-state index in [4.69, 9.17) is 0 Å². The van der Waals surface area contributed by atoms with Gasteiger partial charge in [-0.25, -0.2) is 0 Å². The molecule has 1 heterocycles. The quantitative estimate of drug-likeness (QED) is 0.344. The molecule has 0 spiro atoms. The van der Waals surface area contributed by atoms with Crippen LogP contribution in [0.25, 0.3) is 17.2 Å². The fraction of sp³-hybridized carbons (Fsp3) is 0.231. The number of nitrogens with zero attached hydrogens (tertiary/aromatic N) is 3. The fourth-order valence-electron chi connectivity index (χ4n) is 3.39. The van der Waals surface area contributed by atoms with Gasteiger partial charge < -0.3 is 19.7 Å². The molecule has 1 aliphatic rings. The minimum Gasteiger partial charge on any atom is -0.550 e. The number of hydrogen-bond donors (Lipinski definition) is 0. The van der Waals surface area contributed by atoms with Gasteiger partial charge in [-0.2, -0.15) is 5.26 Å². The number of nitriles is 1. The smallest absolute Gasteiger partial charge is 0.550 e. The number of benzene rings is 2. The van der Waals surface area contributed by atoms with Crippen molar-refractivity contribution in [2.24, 2.45) is 0 Å². The first kappa shape index (κ1) is 25.5. The van der Waals surface area contributed by atoms with E-state index in [9.17, 15) is 15.2 Å². The van der Waals surface area contributed by atoms with E-state index < -0.39 is 5.97 Å². The number of carbonyl (C=O) groups is 1. The Morgan fingerprint density at radius 1 is 1.16 bits per heavy atom. The average molecular weight is 436 g/mol. The van der Waals surface area contributed by atoms with Crippen molar-refractivity contribution in [2.75, 3.05) is 32.1 Å². The monoisotopic (exact) mass is 435 g/mol. The number of anilines is 1. The summed E-state index contributed by atoms with van der Waals surface area (Å²) in [5, 5.41) is 20.2. The molecule has 0 aliphatic carbocycles. The van der Waals surface area contributed by atoms with Crippen LogP contribution >= 0.6 is 0 Å². The van der Waals surface area contributed by atoms with Crippen molar-refractivity contribution < 1.29 is 39.5 Å². The maximum absolute atomic E-state index is 10.5. The summed E-state index contributed by atoms with van der Waals surface area (Å²) in [4.78, 5) is 14.7. The molecule has 0 aromatic heterocycles. The molecule has 0 amide bonds. The van der Waals surface area contributed by atoms with Crippen molar-refractivity contribution in [3.63, 3.8) is 0 Å². The van der Waals surface area contributed by atoms with Crippen molar-refractivity contribution in [3.8, 4) is 6.07 Å². The zero-order chi connectivity index (χ0) is 22.2. The molecule has 6 heteroatoms. The van der Waals surface area contributed by atoms with Crippen molar-refractivity contribution in [1.29, 1.82) is 5.26 Å². The van der Waals surface area contributed by atoms with Crippen molar-refractivity contribution in [1.82, 2.24) is 4.90 Å². The largest absolute Gasteiger partial charge is 1.00 e. The Balaban J connectivity index is 0.00000363. The Kier molecular flexibility index (Phi) is 9.80. The van der Waals surface area contributed by atoms with E-state index in [0.717, 1.165) is 34.5 Å². The Hall–Kier alpha value is -2.78. The van der Waals surface area contributed by atoms with E-state index >= 15 is 0 Å². The normalized spacial score (nSPS) is 13.1. The van der Waals surface area contributed by atoms with E-state index in [1.54, 1.807) is 0 Å². The first-order chi connectivity index (χ1) is 15.0. The van der Waals surface area contributed by atoms with Crippen molar-refractivity contribution in [2.45, 2.75) is 12.8 Å². The van der Waals surface area contributed by atoms with Crippen LogP contribution in [0.2, 0.25) is 0 Å². The van der Waals surface area contributed by atoms with E-state index in [-0.39, 0.29) is 36.0 Å². The minimum absolute atomic E-state index is 0. The molecule has 0 N–H and O–H groups in total. The van der Waals surface area contributed by atoms with Crippen LogP contribution in [0.5, 0.6) is 0 Å². The zero-order valence-corrected chi connectivity index (χ0v) is 20.9. The number of hydrogen-bond acceptors (Lipinski definition) is 5. The Bertz CT molecular complexity index is 1050. The molecule has 0 unspecified atom stereocenters. The maximum Gasteiger partial charge on any atom is 1.00 e. The predicted octanol–water partition coefficient (Wildman–Crippen LogP) is 0.564. The van der Waals surface area contributed by atoms with E-state index in [1.807, 2.05) is 85.9 Å². The average Bonchev–Trinajstić information content (AvgIpc) is 2.78. The minimum atomic E-state index is -1.01. The van der Waals surface area contributed by atoms with Crippen LogP contribution in [0.4, 0.5) is 5.69 Å². The van der Waals surface area contributed by atoms with Crippen LogP contribution in [0.1, 0.15) is 29.5 Å². The fourth-order valence-corrected chi connectivity index (χ4v) is 3.39.